The Hall–Kier alpha value is -0.870. The molecule has 14 heavy (non-hydrogen) atoms. The maximum absolute atomic E-state index is 10.7. The van der Waals surface area contributed by atoms with Gasteiger partial charge < -0.3 is 0 Å². The summed E-state index contributed by atoms with van der Waals surface area (Å²) in [6.45, 7) is 0. The summed E-state index contributed by atoms with van der Waals surface area (Å²) in [5.74, 6) is 0. The molecule has 0 unspecified atom stereocenters. The fourth-order valence-electron chi connectivity index (χ4n) is 1.03. The van der Waals surface area contributed by atoms with Crippen LogP contribution in [-0.2, 0) is 6.42 Å². The Balaban J connectivity index is 3.43. The fourth-order valence-corrected chi connectivity index (χ4v) is 1.90. The molecule has 0 bridgehead atoms. The van der Waals surface area contributed by atoms with Gasteiger partial charge >= 0.3 is 0 Å². The molecule has 1 rings (SSSR count). The van der Waals surface area contributed by atoms with E-state index in [2.05, 4.69) is 0 Å². The van der Waals surface area contributed by atoms with Crippen LogP contribution in [0.15, 0.2) is 12.1 Å². The molecule has 0 aliphatic heterocycles. The number of hydrogen-bond acceptors (Lipinski definition) is 3. The van der Waals surface area contributed by atoms with Crippen LogP contribution < -0.4 is 0 Å². The molecule has 0 fully saturated rings. The zero-order valence-corrected chi connectivity index (χ0v) is 9.74. The normalized spacial score (nSPS) is 9.50. The first-order chi connectivity index (χ1) is 6.57. The lowest BCUT2D eigenvalue weighted by molar-refractivity contribution is -0.385. The Labute approximate surface area is 98.8 Å². The number of rotatable bonds is 2. The van der Waals surface area contributed by atoms with Gasteiger partial charge in [0.25, 0.3) is 5.69 Å². The van der Waals surface area contributed by atoms with Crippen molar-refractivity contribution in [3.63, 3.8) is 0 Å². The standard InChI is InChI=1S/C8H4ClIN2O2/c9-6-1-2-7(10)5(3-4-11)8(6)12(13)14/h1-2H,3H2. The largest absolute Gasteiger partial charge is 0.293 e. The monoisotopic (exact) mass is 322 g/mol. The van der Waals surface area contributed by atoms with Crippen LogP contribution in [0, 0.1) is 25.0 Å². The number of nitro groups is 1. The first-order valence-electron chi connectivity index (χ1n) is 3.56. The van der Waals surface area contributed by atoms with Crippen molar-refractivity contribution >= 4 is 39.9 Å². The number of benzene rings is 1. The van der Waals surface area contributed by atoms with Gasteiger partial charge in [-0.15, -0.1) is 0 Å². The van der Waals surface area contributed by atoms with Crippen LogP contribution in [0.3, 0.4) is 0 Å². The van der Waals surface area contributed by atoms with Crippen LogP contribution in [0.5, 0.6) is 0 Å². The number of nitrogens with zero attached hydrogens (tertiary/aromatic N) is 2. The van der Waals surface area contributed by atoms with Gasteiger partial charge in [0.15, 0.2) is 0 Å². The van der Waals surface area contributed by atoms with Crippen molar-refractivity contribution in [2.75, 3.05) is 0 Å². The van der Waals surface area contributed by atoms with Crippen molar-refractivity contribution < 1.29 is 4.92 Å². The summed E-state index contributed by atoms with van der Waals surface area (Å²) in [7, 11) is 0. The van der Waals surface area contributed by atoms with Gasteiger partial charge in [0.05, 0.1) is 23.0 Å². The maximum Gasteiger partial charge on any atom is 0.293 e. The van der Waals surface area contributed by atoms with E-state index < -0.39 is 4.92 Å². The smallest absolute Gasteiger partial charge is 0.258 e. The number of nitriles is 1. The summed E-state index contributed by atoms with van der Waals surface area (Å²) in [4.78, 5) is 10.1. The van der Waals surface area contributed by atoms with Gasteiger partial charge in [-0.1, -0.05) is 11.6 Å². The third-order valence-electron chi connectivity index (χ3n) is 1.61. The van der Waals surface area contributed by atoms with Crippen LogP contribution in [0.1, 0.15) is 5.56 Å². The number of hydrogen-bond donors (Lipinski definition) is 0. The molecule has 6 heteroatoms. The second kappa shape index (κ2) is 4.57. The SMILES string of the molecule is N#CCc1c(I)ccc(Cl)c1[N+](=O)[O-]. The highest BCUT2D eigenvalue weighted by molar-refractivity contribution is 14.1. The van der Waals surface area contributed by atoms with E-state index in [9.17, 15) is 10.1 Å². The predicted octanol–water partition coefficient (Wildman–Crippen LogP) is 2.92. The summed E-state index contributed by atoms with van der Waals surface area (Å²) in [6.07, 6.45) is -0.00481. The molecular weight excluding hydrogens is 318 g/mol. The number of nitro benzene ring substituents is 1. The lowest BCUT2D eigenvalue weighted by atomic mass is 10.1. The quantitative estimate of drug-likeness (QED) is 0.477. The Bertz CT molecular complexity index is 428. The van der Waals surface area contributed by atoms with Crippen molar-refractivity contribution in [3.8, 4) is 6.07 Å². The first-order valence-corrected chi connectivity index (χ1v) is 5.01. The molecule has 0 spiro atoms. The average molecular weight is 322 g/mol. The minimum absolute atomic E-state index is 0.00481. The van der Waals surface area contributed by atoms with E-state index in [0.717, 1.165) is 0 Å². The summed E-state index contributed by atoms with van der Waals surface area (Å²) in [6, 6.07) is 5.00. The van der Waals surface area contributed by atoms with Crippen LogP contribution >= 0.6 is 34.2 Å². The third-order valence-corrected chi connectivity index (χ3v) is 2.93. The van der Waals surface area contributed by atoms with E-state index in [-0.39, 0.29) is 17.1 Å². The lowest BCUT2D eigenvalue weighted by Crippen LogP contribution is -1.98. The Kier molecular flexibility index (Phi) is 3.66. The molecule has 4 nitrogen and oxygen atoms in total. The van der Waals surface area contributed by atoms with Gasteiger partial charge in [-0.25, -0.2) is 0 Å². The topological polar surface area (TPSA) is 66.9 Å². The summed E-state index contributed by atoms with van der Waals surface area (Å²) in [5.41, 5.74) is 0.214. The Morgan fingerprint density at radius 1 is 1.64 bits per heavy atom. The lowest BCUT2D eigenvalue weighted by Gasteiger charge is -2.02. The summed E-state index contributed by atoms with van der Waals surface area (Å²) >= 11 is 7.62. The third kappa shape index (κ3) is 2.13. The second-order valence-corrected chi connectivity index (χ2v) is 4.02. The highest BCUT2D eigenvalue weighted by Gasteiger charge is 2.20. The summed E-state index contributed by atoms with van der Waals surface area (Å²) < 4.78 is 0.681. The molecule has 0 N–H and O–H groups in total. The van der Waals surface area contributed by atoms with Crippen LogP contribution in [0.2, 0.25) is 5.02 Å². The molecule has 0 aliphatic rings. The van der Waals surface area contributed by atoms with E-state index in [0.29, 0.717) is 9.13 Å². The van der Waals surface area contributed by atoms with Crippen molar-refractivity contribution in [2.24, 2.45) is 0 Å². The molecule has 0 saturated heterocycles. The Morgan fingerprint density at radius 2 is 2.29 bits per heavy atom. The molecule has 0 amide bonds. The molecule has 0 radical (unpaired) electrons. The molecule has 0 aromatic heterocycles. The van der Waals surface area contributed by atoms with Gasteiger partial charge in [-0.05, 0) is 34.7 Å². The van der Waals surface area contributed by atoms with Crippen LogP contribution in [0.4, 0.5) is 5.69 Å². The predicted molar refractivity (Wildman–Crippen MR) is 60.1 cm³/mol. The van der Waals surface area contributed by atoms with E-state index >= 15 is 0 Å². The van der Waals surface area contributed by atoms with Crippen LogP contribution in [-0.4, -0.2) is 4.92 Å². The van der Waals surface area contributed by atoms with Gasteiger partial charge in [-0.2, -0.15) is 5.26 Å². The van der Waals surface area contributed by atoms with Crippen molar-refractivity contribution in [3.05, 3.63) is 36.4 Å². The van der Waals surface area contributed by atoms with Crippen molar-refractivity contribution in [1.82, 2.24) is 0 Å². The fraction of sp³-hybridized carbons (Fsp3) is 0.125. The minimum Gasteiger partial charge on any atom is -0.258 e. The van der Waals surface area contributed by atoms with Gasteiger partial charge in [0.2, 0.25) is 0 Å². The van der Waals surface area contributed by atoms with E-state index in [4.69, 9.17) is 16.9 Å². The molecule has 0 aliphatic carbocycles. The molecule has 0 atom stereocenters. The zero-order valence-electron chi connectivity index (χ0n) is 6.83. The van der Waals surface area contributed by atoms with Crippen molar-refractivity contribution in [2.45, 2.75) is 6.42 Å². The van der Waals surface area contributed by atoms with Gasteiger partial charge in [0, 0.05) is 3.57 Å². The molecular formula is C8H4ClIN2O2. The second-order valence-electron chi connectivity index (χ2n) is 2.45. The zero-order chi connectivity index (χ0) is 10.7. The molecule has 1 aromatic rings. The molecule has 1 aromatic carbocycles. The van der Waals surface area contributed by atoms with Gasteiger partial charge in [-0.3, -0.25) is 10.1 Å². The maximum atomic E-state index is 10.7. The van der Waals surface area contributed by atoms with E-state index in [1.54, 1.807) is 6.07 Å². The minimum atomic E-state index is -0.558. The highest BCUT2D eigenvalue weighted by atomic mass is 127. The number of halogens is 2. The summed E-state index contributed by atoms with van der Waals surface area (Å²) in [5, 5.41) is 19.3. The Morgan fingerprint density at radius 3 is 2.79 bits per heavy atom. The van der Waals surface area contributed by atoms with E-state index in [1.807, 2.05) is 28.7 Å². The molecule has 72 valence electrons. The average Bonchev–Trinajstić information content (AvgIpc) is 2.11. The van der Waals surface area contributed by atoms with Gasteiger partial charge in [0.1, 0.15) is 5.02 Å². The first kappa shape index (κ1) is 11.2. The van der Waals surface area contributed by atoms with Crippen molar-refractivity contribution in [1.29, 1.82) is 5.26 Å². The molecule has 0 saturated carbocycles. The molecule has 0 heterocycles. The van der Waals surface area contributed by atoms with Crippen LogP contribution in [0.25, 0.3) is 0 Å². The van der Waals surface area contributed by atoms with E-state index in [1.165, 1.54) is 6.07 Å². The highest BCUT2D eigenvalue weighted by Crippen LogP contribution is 2.31.